The normalized spacial score (nSPS) is 19.6. The maximum atomic E-state index is 12.8. The van der Waals surface area contributed by atoms with E-state index in [2.05, 4.69) is 0 Å². The zero-order chi connectivity index (χ0) is 13.7. The summed E-state index contributed by atoms with van der Waals surface area (Å²) in [5.74, 6) is -19.5. The van der Waals surface area contributed by atoms with Crippen LogP contribution in [0.5, 0.6) is 0 Å². The SMILES string of the molecule is FC(F)(F)C(F)(F)C(F)(F)C(F)(F)CC1CC1. The van der Waals surface area contributed by atoms with Gasteiger partial charge in [0, 0.05) is 6.42 Å². The van der Waals surface area contributed by atoms with Gasteiger partial charge in [-0.2, -0.15) is 39.5 Å². The van der Waals surface area contributed by atoms with Gasteiger partial charge in [-0.1, -0.05) is 0 Å². The summed E-state index contributed by atoms with van der Waals surface area (Å²) < 4.78 is 110. The van der Waals surface area contributed by atoms with E-state index in [1.807, 2.05) is 0 Å². The van der Waals surface area contributed by atoms with Gasteiger partial charge in [0.15, 0.2) is 0 Å². The smallest absolute Gasteiger partial charge is 0.200 e. The van der Waals surface area contributed by atoms with Crippen molar-refractivity contribution in [3.05, 3.63) is 0 Å². The number of alkyl halides is 9. The highest BCUT2D eigenvalue weighted by Crippen LogP contribution is 2.56. The van der Waals surface area contributed by atoms with Gasteiger partial charge in [-0.25, -0.2) is 0 Å². The number of hydrogen-bond donors (Lipinski definition) is 0. The van der Waals surface area contributed by atoms with Crippen LogP contribution in [0.25, 0.3) is 0 Å². The molecule has 1 saturated carbocycles. The van der Waals surface area contributed by atoms with E-state index in [1.165, 1.54) is 0 Å². The van der Waals surface area contributed by atoms with Gasteiger partial charge in [0.25, 0.3) is 0 Å². The minimum atomic E-state index is -6.75. The van der Waals surface area contributed by atoms with Crippen molar-refractivity contribution >= 4 is 0 Å². The van der Waals surface area contributed by atoms with E-state index >= 15 is 0 Å². The molecule has 0 aromatic carbocycles. The fourth-order valence-electron chi connectivity index (χ4n) is 1.22. The van der Waals surface area contributed by atoms with Crippen LogP contribution in [0.4, 0.5) is 39.5 Å². The van der Waals surface area contributed by atoms with E-state index in [0.717, 1.165) is 0 Å². The second-order valence-corrected chi connectivity index (χ2v) is 4.00. The Hall–Kier alpha value is -0.630. The minimum absolute atomic E-state index is 0.128. The number of hydrogen-bond acceptors (Lipinski definition) is 0. The number of rotatable bonds is 4. The molecule has 0 nitrogen and oxygen atoms in total. The summed E-state index contributed by atoms with van der Waals surface area (Å²) in [6.07, 6.45) is -8.12. The highest BCUT2D eigenvalue weighted by molar-refractivity contribution is 5.01. The van der Waals surface area contributed by atoms with E-state index in [0.29, 0.717) is 0 Å². The van der Waals surface area contributed by atoms with Crippen molar-refractivity contribution in [3.8, 4) is 0 Å². The van der Waals surface area contributed by atoms with Crippen LogP contribution < -0.4 is 0 Å². The third-order valence-corrected chi connectivity index (χ3v) is 2.45. The Balaban J connectivity index is 2.98. The van der Waals surface area contributed by atoms with Crippen LogP contribution >= 0.6 is 0 Å². The third-order valence-electron chi connectivity index (χ3n) is 2.45. The van der Waals surface area contributed by atoms with E-state index in [9.17, 15) is 39.5 Å². The largest absolute Gasteiger partial charge is 0.460 e. The van der Waals surface area contributed by atoms with Crippen molar-refractivity contribution in [3.63, 3.8) is 0 Å². The van der Waals surface area contributed by atoms with E-state index in [4.69, 9.17) is 0 Å². The predicted octanol–water partition coefficient (Wildman–Crippen LogP) is 4.25. The monoisotopic (exact) mass is 274 g/mol. The lowest BCUT2D eigenvalue weighted by molar-refractivity contribution is -0.397. The molecule has 0 heterocycles. The van der Waals surface area contributed by atoms with Crippen molar-refractivity contribution in [2.45, 2.75) is 43.2 Å². The summed E-state index contributed by atoms with van der Waals surface area (Å²) in [6.45, 7) is 0. The van der Waals surface area contributed by atoms with E-state index < -0.39 is 36.3 Å². The van der Waals surface area contributed by atoms with Gasteiger partial charge in [-0.3, -0.25) is 0 Å². The zero-order valence-corrected chi connectivity index (χ0v) is 8.10. The molecular formula is C8H7F9. The van der Waals surface area contributed by atoms with Crippen molar-refractivity contribution < 1.29 is 39.5 Å². The molecule has 1 fully saturated rings. The number of halogens is 9. The Morgan fingerprint density at radius 1 is 0.706 bits per heavy atom. The van der Waals surface area contributed by atoms with Crippen molar-refractivity contribution in [1.29, 1.82) is 0 Å². The second-order valence-electron chi connectivity index (χ2n) is 4.00. The lowest BCUT2D eigenvalue weighted by Gasteiger charge is -2.33. The maximum Gasteiger partial charge on any atom is 0.460 e. The van der Waals surface area contributed by atoms with E-state index in [1.54, 1.807) is 0 Å². The fraction of sp³-hybridized carbons (Fsp3) is 1.00. The summed E-state index contributed by atoms with van der Waals surface area (Å²) in [6, 6.07) is 0. The molecule has 0 aromatic heterocycles. The van der Waals surface area contributed by atoms with E-state index in [-0.39, 0.29) is 12.8 Å². The summed E-state index contributed by atoms with van der Waals surface area (Å²) in [7, 11) is 0. The highest BCUT2D eigenvalue weighted by Gasteiger charge is 2.81. The summed E-state index contributed by atoms with van der Waals surface area (Å²) in [5, 5.41) is 0. The highest BCUT2D eigenvalue weighted by atomic mass is 19.4. The average molecular weight is 274 g/mol. The molecule has 0 bridgehead atoms. The minimum Gasteiger partial charge on any atom is -0.200 e. The summed E-state index contributed by atoms with van der Waals surface area (Å²) >= 11 is 0. The molecule has 0 amide bonds. The Kier molecular flexibility index (Phi) is 3.12. The molecule has 0 radical (unpaired) electrons. The molecular weight excluding hydrogens is 267 g/mol. The molecule has 0 spiro atoms. The molecule has 1 aliphatic rings. The Morgan fingerprint density at radius 2 is 1.12 bits per heavy atom. The van der Waals surface area contributed by atoms with Crippen LogP contribution in [0.2, 0.25) is 0 Å². The predicted molar refractivity (Wildman–Crippen MR) is 38.2 cm³/mol. The molecule has 0 aliphatic heterocycles. The zero-order valence-electron chi connectivity index (χ0n) is 8.10. The lowest BCUT2D eigenvalue weighted by atomic mass is 9.99. The molecule has 0 atom stereocenters. The molecule has 0 N–H and O–H groups in total. The standard InChI is InChI=1S/C8H7F9/c9-5(10,3-4-1-2-4)6(11,12)7(13,14)8(15,16)17/h4H,1-3H2. The Labute approximate surface area is 89.8 Å². The van der Waals surface area contributed by atoms with Crippen molar-refractivity contribution in [2.24, 2.45) is 5.92 Å². The van der Waals surface area contributed by atoms with Crippen LogP contribution in [0.1, 0.15) is 19.3 Å². The molecule has 0 unspecified atom stereocenters. The first kappa shape index (κ1) is 14.4. The lowest BCUT2D eigenvalue weighted by Crippen LogP contribution is -2.60. The molecule has 1 rings (SSSR count). The maximum absolute atomic E-state index is 12.8. The summed E-state index contributed by atoms with van der Waals surface area (Å²) in [5.41, 5.74) is 0. The first-order valence-electron chi connectivity index (χ1n) is 4.53. The van der Waals surface area contributed by atoms with Gasteiger partial charge in [0.1, 0.15) is 0 Å². The first-order valence-corrected chi connectivity index (χ1v) is 4.53. The van der Waals surface area contributed by atoms with Crippen LogP contribution in [0, 0.1) is 5.92 Å². The molecule has 1 aliphatic carbocycles. The van der Waals surface area contributed by atoms with Crippen LogP contribution in [-0.2, 0) is 0 Å². The quantitative estimate of drug-likeness (QED) is 0.672. The van der Waals surface area contributed by atoms with Crippen molar-refractivity contribution in [2.75, 3.05) is 0 Å². The van der Waals surface area contributed by atoms with Gasteiger partial charge in [0.05, 0.1) is 0 Å². The van der Waals surface area contributed by atoms with Crippen LogP contribution in [0.15, 0.2) is 0 Å². The van der Waals surface area contributed by atoms with Crippen LogP contribution in [-0.4, -0.2) is 23.9 Å². The third kappa shape index (κ3) is 2.33. The molecule has 0 aromatic rings. The topological polar surface area (TPSA) is 0 Å². The van der Waals surface area contributed by atoms with Crippen molar-refractivity contribution in [1.82, 2.24) is 0 Å². The Morgan fingerprint density at radius 3 is 1.41 bits per heavy atom. The van der Waals surface area contributed by atoms with Gasteiger partial charge in [-0.05, 0) is 18.8 Å². The molecule has 17 heavy (non-hydrogen) atoms. The molecule has 102 valence electrons. The van der Waals surface area contributed by atoms with Gasteiger partial charge >= 0.3 is 23.9 Å². The Bertz CT molecular complexity index is 286. The van der Waals surface area contributed by atoms with Gasteiger partial charge in [-0.15, -0.1) is 0 Å². The molecule has 0 saturated heterocycles. The first-order chi connectivity index (χ1) is 7.33. The fourth-order valence-corrected chi connectivity index (χ4v) is 1.22. The van der Waals surface area contributed by atoms with Crippen LogP contribution in [0.3, 0.4) is 0 Å². The second kappa shape index (κ2) is 3.68. The van der Waals surface area contributed by atoms with Gasteiger partial charge < -0.3 is 0 Å². The summed E-state index contributed by atoms with van der Waals surface area (Å²) in [4.78, 5) is 0. The average Bonchev–Trinajstić information content (AvgIpc) is 2.84. The molecule has 9 heteroatoms. The van der Waals surface area contributed by atoms with Gasteiger partial charge in [0.2, 0.25) is 0 Å².